The molecule has 0 bridgehead atoms. The number of carbonyl (C=O) groups is 1. The van der Waals surface area contributed by atoms with Gasteiger partial charge in [0.2, 0.25) is 15.9 Å². The Bertz CT molecular complexity index is 860. The molecule has 3 rings (SSSR count). The average Bonchev–Trinajstić information content (AvgIpc) is 3.06. The number of nitrogens with zero attached hydrogens (tertiary/aromatic N) is 4. The lowest BCUT2D eigenvalue weighted by atomic mass is 9.96. The Morgan fingerprint density at radius 1 is 1.04 bits per heavy atom. The van der Waals surface area contributed by atoms with Gasteiger partial charge in [0, 0.05) is 45.2 Å². The molecule has 0 aliphatic carbocycles. The van der Waals surface area contributed by atoms with Crippen LogP contribution in [-0.2, 0) is 24.8 Å². The lowest BCUT2D eigenvalue weighted by Crippen LogP contribution is -2.45. The fourth-order valence-electron chi connectivity index (χ4n) is 3.57. The molecule has 0 radical (unpaired) electrons. The Kier molecular flexibility index (Phi) is 5.89. The average molecular weight is 420 g/mol. The minimum Gasteiger partial charge on any atom is -0.341 e. The zero-order valence-electron chi connectivity index (χ0n) is 15.2. The van der Waals surface area contributed by atoms with Crippen LogP contribution in [0.4, 0.5) is 0 Å². The number of hydrogen-bond acceptors (Lipinski definition) is 6. The Hall–Kier alpha value is -1.50. The second-order valence-corrected chi connectivity index (χ2v) is 10.8. The van der Waals surface area contributed by atoms with Gasteiger partial charge >= 0.3 is 0 Å². The number of rotatable bonds is 4. The van der Waals surface area contributed by atoms with Gasteiger partial charge in [0.05, 0.1) is 18.8 Å². The van der Waals surface area contributed by atoms with Gasteiger partial charge in [-0.1, -0.05) is 0 Å². The fourth-order valence-corrected chi connectivity index (χ4v) is 5.81. The number of carbonyl (C=O) groups excluding carboxylic acids is 1. The molecule has 1 N–H and O–H groups in total. The zero-order chi connectivity index (χ0) is 19.7. The highest BCUT2D eigenvalue weighted by molar-refractivity contribution is 7.89. The third-order valence-corrected chi connectivity index (χ3v) is 8.26. The molecule has 1 aromatic heterocycles. The van der Waals surface area contributed by atoms with Crippen molar-refractivity contribution in [3.05, 3.63) is 12.5 Å². The SMILES string of the molecule is CS(=O)(=O)N1CCC(C(=O)N2CCCN(S(=O)(=O)c3cnc[nH]3)CC2)CC1. The van der Waals surface area contributed by atoms with Gasteiger partial charge in [0.15, 0.2) is 5.03 Å². The van der Waals surface area contributed by atoms with Crippen LogP contribution in [0, 0.1) is 5.92 Å². The van der Waals surface area contributed by atoms with Crippen LogP contribution in [0.1, 0.15) is 19.3 Å². The predicted molar refractivity (Wildman–Crippen MR) is 97.7 cm³/mol. The summed E-state index contributed by atoms with van der Waals surface area (Å²) in [7, 11) is -6.86. The normalized spacial score (nSPS) is 21.9. The van der Waals surface area contributed by atoms with Crippen LogP contribution in [-0.4, -0.2) is 91.7 Å². The van der Waals surface area contributed by atoms with Crippen molar-refractivity contribution in [2.24, 2.45) is 5.92 Å². The van der Waals surface area contributed by atoms with Gasteiger partial charge in [-0.15, -0.1) is 0 Å². The highest BCUT2D eigenvalue weighted by atomic mass is 32.2. The van der Waals surface area contributed by atoms with Gasteiger partial charge < -0.3 is 9.88 Å². The maximum Gasteiger partial charge on any atom is 0.260 e. The highest BCUT2D eigenvalue weighted by Gasteiger charge is 2.34. The second-order valence-electron chi connectivity index (χ2n) is 6.94. The first-order valence-corrected chi connectivity index (χ1v) is 12.2. The summed E-state index contributed by atoms with van der Waals surface area (Å²) in [4.78, 5) is 20.9. The maximum atomic E-state index is 12.8. The van der Waals surface area contributed by atoms with Gasteiger partial charge in [0.1, 0.15) is 0 Å². The number of nitrogens with one attached hydrogen (secondary N) is 1. The van der Waals surface area contributed by atoms with Crippen molar-refractivity contribution in [2.45, 2.75) is 24.3 Å². The molecule has 152 valence electrons. The minimum atomic E-state index is -3.64. The van der Waals surface area contributed by atoms with E-state index in [9.17, 15) is 21.6 Å². The lowest BCUT2D eigenvalue weighted by molar-refractivity contribution is -0.136. The molecule has 3 heterocycles. The van der Waals surface area contributed by atoms with Crippen LogP contribution < -0.4 is 0 Å². The number of H-pyrrole nitrogens is 1. The first kappa shape index (κ1) is 20.2. The van der Waals surface area contributed by atoms with E-state index in [1.165, 1.54) is 27.4 Å². The molecular weight excluding hydrogens is 394 g/mol. The summed E-state index contributed by atoms with van der Waals surface area (Å²) < 4.78 is 51.2. The fraction of sp³-hybridized carbons (Fsp3) is 0.733. The number of amides is 1. The number of piperidine rings is 1. The van der Waals surface area contributed by atoms with E-state index >= 15 is 0 Å². The topological polar surface area (TPSA) is 124 Å². The summed E-state index contributed by atoms with van der Waals surface area (Å²) in [5.41, 5.74) is 0. The van der Waals surface area contributed by atoms with E-state index in [0.29, 0.717) is 52.0 Å². The van der Waals surface area contributed by atoms with Crippen molar-refractivity contribution < 1.29 is 21.6 Å². The Morgan fingerprint density at radius 3 is 2.33 bits per heavy atom. The van der Waals surface area contributed by atoms with Crippen LogP contribution in [0.15, 0.2) is 17.6 Å². The molecule has 10 nitrogen and oxygen atoms in total. The van der Waals surface area contributed by atoms with Gasteiger partial charge in [-0.3, -0.25) is 4.79 Å². The summed E-state index contributed by atoms with van der Waals surface area (Å²) in [5, 5.41) is 0.0513. The Labute approximate surface area is 159 Å². The van der Waals surface area contributed by atoms with Crippen molar-refractivity contribution in [3.63, 3.8) is 0 Å². The van der Waals surface area contributed by atoms with E-state index in [4.69, 9.17) is 0 Å². The van der Waals surface area contributed by atoms with Crippen LogP contribution >= 0.6 is 0 Å². The second kappa shape index (κ2) is 7.86. The van der Waals surface area contributed by atoms with Crippen molar-refractivity contribution in [3.8, 4) is 0 Å². The molecule has 0 atom stereocenters. The number of sulfonamides is 2. The molecule has 0 spiro atoms. The summed E-state index contributed by atoms with van der Waals surface area (Å²) >= 11 is 0. The first-order chi connectivity index (χ1) is 12.7. The smallest absolute Gasteiger partial charge is 0.260 e. The predicted octanol–water partition coefficient (Wildman–Crippen LogP) is -0.696. The summed E-state index contributed by atoms with van der Waals surface area (Å²) in [6.07, 6.45) is 5.33. The van der Waals surface area contributed by atoms with E-state index in [-0.39, 0.29) is 23.4 Å². The Balaban J connectivity index is 1.59. The van der Waals surface area contributed by atoms with Crippen LogP contribution in [0.2, 0.25) is 0 Å². The molecular formula is C15H25N5O5S2. The molecule has 12 heteroatoms. The number of aromatic nitrogens is 2. The van der Waals surface area contributed by atoms with Crippen LogP contribution in [0.3, 0.4) is 0 Å². The summed E-state index contributed by atoms with van der Waals surface area (Å²) in [6.45, 7) is 2.11. The van der Waals surface area contributed by atoms with Crippen molar-refractivity contribution in [2.75, 3.05) is 45.5 Å². The molecule has 2 aliphatic rings. The lowest BCUT2D eigenvalue weighted by Gasteiger charge is -2.32. The molecule has 0 aromatic carbocycles. The minimum absolute atomic E-state index is 0.0102. The number of imidazole rings is 1. The van der Waals surface area contributed by atoms with Crippen LogP contribution in [0.5, 0.6) is 0 Å². The van der Waals surface area contributed by atoms with E-state index in [2.05, 4.69) is 9.97 Å². The molecule has 2 fully saturated rings. The van der Waals surface area contributed by atoms with Crippen molar-refractivity contribution in [1.82, 2.24) is 23.5 Å². The van der Waals surface area contributed by atoms with Gasteiger partial charge in [-0.05, 0) is 19.3 Å². The summed E-state index contributed by atoms with van der Waals surface area (Å²) in [5.74, 6) is -0.220. The molecule has 0 saturated carbocycles. The quantitative estimate of drug-likeness (QED) is 0.689. The third-order valence-electron chi connectivity index (χ3n) is 5.13. The standard InChI is InChI=1S/C15H25N5O5S2/c1-26(22,23)19-7-3-13(4-8-19)15(21)18-5-2-6-20(10-9-18)27(24,25)14-11-16-12-17-14/h11-13H,2-10H2,1H3,(H,16,17). The maximum absolute atomic E-state index is 12.8. The van der Waals surface area contributed by atoms with E-state index in [0.717, 1.165) is 0 Å². The molecule has 2 aliphatic heterocycles. The molecule has 0 unspecified atom stereocenters. The van der Waals surface area contributed by atoms with Gasteiger partial charge in [-0.2, -0.15) is 4.31 Å². The van der Waals surface area contributed by atoms with Crippen molar-refractivity contribution >= 4 is 26.0 Å². The molecule has 1 amide bonds. The van der Waals surface area contributed by atoms with Crippen molar-refractivity contribution in [1.29, 1.82) is 0 Å². The molecule has 27 heavy (non-hydrogen) atoms. The van der Waals surface area contributed by atoms with Gasteiger partial charge in [0.25, 0.3) is 10.0 Å². The van der Waals surface area contributed by atoms with Crippen LogP contribution in [0.25, 0.3) is 0 Å². The molecule has 2 saturated heterocycles. The Morgan fingerprint density at radius 2 is 1.74 bits per heavy atom. The summed E-state index contributed by atoms with van der Waals surface area (Å²) in [6, 6.07) is 0. The van der Waals surface area contributed by atoms with Gasteiger partial charge in [-0.25, -0.2) is 26.1 Å². The van der Waals surface area contributed by atoms with E-state index in [1.807, 2.05) is 0 Å². The highest BCUT2D eigenvalue weighted by Crippen LogP contribution is 2.23. The number of aromatic amines is 1. The monoisotopic (exact) mass is 419 g/mol. The van der Waals surface area contributed by atoms with E-state index < -0.39 is 20.0 Å². The van der Waals surface area contributed by atoms with E-state index in [1.54, 1.807) is 4.90 Å². The largest absolute Gasteiger partial charge is 0.341 e. The molecule has 1 aromatic rings. The number of hydrogen-bond donors (Lipinski definition) is 1. The third kappa shape index (κ3) is 4.50. The first-order valence-electron chi connectivity index (χ1n) is 8.92. The zero-order valence-corrected chi connectivity index (χ0v) is 16.9.